The minimum absolute atomic E-state index is 0.0922. The molecular weight excluding hydrogens is 310 g/mol. The number of pyridine rings is 1. The summed E-state index contributed by atoms with van der Waals surface area (Å²) in [5, 5.41) is 0. The van der Waals surface area contributed by atoms with E-state index in [0.29, 0.717) is 4.47 Å². The summed E-state index contributed by atoms with van der Waals surface area (Å²) in [5.41, 5.74) is 0.664. The van der Waals surface area contributed by atoms with Gasteiger partial charge in [0.05, 0.1) is 4.47 Å². The highest BCUT2D eigenvalue weighted by atomic mass is 79.9. The summed E-state index contributed by atoms with van der Waals surface area (Å²) in [5.74, 6) is -0.441. The minimum atomic E-state index is -0.441. The second-order valence-corrected chi connectivity index (χ2v) is 4.79. The third-order valence-electron chi connectivity index (χ3n) is 2.52. The van der Waals surface area contributed by atoms with Gasteiger partial charge >= 0.3 is 5.97 Å². The van der Waals surface area contributed by atoms with Gasteiger partial charge in [-0.05, 0) is 33.6 Å². The summed E-state index contributed by atoms with van der Waals surface area (Å²) in [6.45, 7) is 0.119. The number of hydrogen-bond donors (Lipinski definition) is 0. The minimum Gasteiger partial charge on any atom is -0.459 e. The van der Waals surface area contributed by atoms with Crippen molar-refractivity contribution in [2.24, 2.45) is 0 Å². The van der Waals surface area contributed by atoms with E-state index in [1.54, 1.807) is 18.3 Å². The van der Waals surface area contributed by atoms with Crippen LogP contribution in [-0.4, -0.2) is 10.5 Å². The quantitative estimate of drug-likeness (QED) is 0.812. The third kappa shape index (κ3) is 3.79. The Hall–Kier alpha value is -1.88. The molecule has 19 heavy (non-hydrogen) atoms. The fourth-order valence-corrected chi connectivity index (χ4v) is 1.94. The van der Waals surface area contributed by atoms with Gasteiger partial charge in [0.15, 0.2) is 0 Å². The van der Waals surface area contributed by atoms with Crippen LogP contribution in [0.25, 0.3) is 0 Å². The number of benzene rings is 1. The first-order valence-electron chi connectivity index (χ1n) is 5.71. The highest BCUT2D eigenvalue weighted by molar-refractivity contribution is 9.10. The lowest BCUT2D eigenvalue weighted by molar-refractivity contribution is -0.145. The van der Waals surface area contributed by atoms with Crippen molar-refractivity contribution in [2.75, 3.05) is 0 Å². The molecule has 0 aliphatic heterocycles. The van der Waals surface area contributed by atoms with Crippen molar-refractivity contribution in [1.82, 2.24) is 4.57 Å². The number of esters is 1. The summed E-state index contributed by atoms with van der Waals surface area (Å²) in [6.07, 6.45) is 1.55. The van der Waals surface area contributed by atoms with Crippen molar-refractivity contribution < 1.29 is 9.53 Å². The number of carbonyl (C=O) groups excluding carboxylic acids is 1. The lowest BCUT2D eigenvalue weighted by Gasteiger charge is -2.07. The maximum Gasteiger partial charge on any atom is 0.326 e. The van der Waals surface area contributed by atoms with Gasteiger partial charge in [0.1, 0.15) is 13.2 Å². The van der Waals surface area contributed by atoms with E-state index in [2.05, 4.69) is 15.9 Å². The highest BCUT2D eigenvalue weighted by Gasteiger charge is 2.07. The van der Waals surface area contributed by atoms with Gasteiger partial charge < -0.3 is 9.30 Å². The number of halogens is 1. The average molecular weight is 322 g/mol. The zero-order valence-electron chi connectivity index (χ0n) is 10.1. The molecule has 0 fully saturated rings. The Kier molecular flexibility index (Phi) is 4.52. The number of ether oxygens (including phenoxy) is 1. The Bertz CT molecular complexity index is 622. The van der Waals surface area contributed by atoms with Crippen molar-refractivity contribution in [3.05, 3.63) is 69.1 Å². The molecule has 4 nitrogen and oxygen atoms in total. The second kappa shape index (κ2) is 6.33. The monoisotopic (exact) mass is 321 g/mol. The molecule has 0 N–H and O–H groups in total. The van der Waals surface area contributed by atoms with Crippen LogP contribution in [0.15, 0.2) is 57.9 Å². The molecule has 2 aromatic rings. The predicted octanol–water partition coefficient (Wildman–Crippen LogP) is 2.35. The van der Waals surface area contributed by atoms with Crippen LogP contribution >= 0.6 is 15.9 Å². The second-order valence-electron chi connectivity index (χ2n) is 3.94. The normalized spacial score (nSPS) is 10.2. The summed E-state index contributed by atoms with van der Waals surface area (Å²) >= 11 is 3.13. The molecule has 0 saturated carbocycles. The molecule has 98 valence electrons. The van der Waals surface area contributed by atoms with Crippen LogP contribution < -0.4 is 5.56 Å². The summed E-state index contributed by atoms with van der Waals surface area (Å²) in [4.78, 5) is 23.3. The van der Waals surface area contributed by atoms with Gasteiger partial charge in [-0.15, -0.1) is 0 Å². The predicted molar refractivity (Wildman–Crippen MR) is 74.6 cm³/mol. The van der Waals surface area contributed by atoms with E-state index in [4.69, 9.17) is 4.74 Å². The maximum absolute atomic E-state index is 11.7. The number of hydrogen-bond acceptors (Lipinski definition) is 3. The molecule has 0 radical (unpaired) electrons. The number of carbonyl (C=O) groups is 1. The SMILES string of the molecule is O=C(Cn1cccc(Br)c1=O)OCc1ccccc1. The van der Waals surface area contributed by atoms with E-state index in [0.717, 1.165) is 5.56 Å². The first-order chi connectivity index (χ1) is 9.16. The number of nitrogens with zero attached hydrogens (tertiary/aromatic N) is 1. The van der Waals surface area contributed by atoms with E-state index < -0.39 is 5.97 Å². The molecule has 0 spiro atoms. The summed E-state index contributed by atoms with van der Waals surface area (Å²) < 4.78 is 6.84. The number of aromatic nitrogens is 1. The van der Waals surface area contributed by atoms with Crippen molar-refractivity contribution in [1.29, 1.82) is 0 Å². The van der Waals surface area contributed by atoms with Crippen LogP contribution in [0.5, 0.6) is 0 Å². The van der Waals surface area contributed by atoms with E-state index in [1.165, 1.54) is 4.57 Å². The van der Waals surface area contributed by atoms with Gasteiger partial charge in [0, 0.05) is 6.20 Å². The fraction of sp³-hybridized carbons (Fsp3) is 0.143. The van der Waals surface area contributed by atoms with E-state index in [1.807, 2.05) is 30.3 Å². The Balaban J connectivity index is 1.95. The molecule has 0 unspecified atom stereocenters. The number of rotatable bonds is 4. The molecule has 1 heterocycles. The molecule has 2 rings (SSSR count). The highest BCUT2D eigenvalue weighted by Crippen LogP contribution is 2.03. The molecule has 0 aliphatic carbocycles. The maximum atomic E-state index is 11.7. The Morgan fingerprint density at radius 2 is 1.89 bits per heavy atom. The third-order valence-corrected chi connectivity index (χ3v) is 3.12. The summed E-state index contributed by atoms with van der Waals surface area (Å²) in [6, 6.07) is 12.7. The molecule has 1 aromatic carbocycles. The van der Waals surface area contributed by atoms with Crippen molar-refractivity contribution in [2.45, 2.75) is 13.2 Å². The molecule has 5 heteroatoms. The molecular formula is C14H12BrNO3. The average Bonchev–Trinajstić information content (AvgIpc) is 2.43. The smallest absolute Gasteiger partial charge is 0.326 e. The molecule has 0 saturated heterocycles. The van der Waals surface area contributed by atoms with Crippen LogP contribution in [-0.2, 0) is 22.7 Å². The van der Waals surface area contributed by atoms with Gasteiger partial charge in [-0.1, -0.05) is 30.3 Å². The first-order valence-corrected chi connectivity index (χ1v) is 6.50. The zero-order valence-corrected chi connectivity index (χ0v) is 11.7. The van der Waals surface area contributed by atoms with E-state index >= 15 is 0 Å². The van der Waals surface area contributed by atoms with Gasteiger partial charge in [-0.2, -0.15) is 0 Å². The van der Waals surface area contributed by atoms with Crippen LogP contribution in [0.4, 0.5) is 0 Å². The van der Waals surface area contributed by atoms with Crippen molar-refractivity contribution in [3.8, 4) is 0 Å². The van der Waals surface area contributed by atoms with Gasteiger partial charge in [0.25, 0.3) is 5.56 Å². The van der Waals surface area contributed by atoms with Crippen molar-refractivity contribution in [3.63, 3.8) is 0 Å². The first kappa shape index (κ1) is 13.5. The Morgan fingerprint density at radius 3 is 2.63 bits per heavy atom. The molecule has 0 bridgehead atoms. The molecule has 0 aliphatic rings. The van der Waals surface area contributed by atoms with Crippen molar-refractivity contribution >= 4 is 21.9 Å². The lowest BCUT2D eigenvalue weighted by atomic mass is 10.2. The van der Waals surface area contributed by atoms with E-state index in [-0.39, 0.29) is 18.7 Å². The Labute approximate surface area is 118 Å². The van der Waals surface area contributed by atoms with Gasteiger partial charge in [0.2, 0.25) is 0 Å². The zero-order chi connectivity index (χ0) is 13.7. The Morgan fingerprint density at radius 1 is 1.16 bits per heavy atom. The van der Waals surface area contributed by atoms with Gasteiger partial charge in [-0.3, -0.25) is 9.59 Å². The molecule has 0 atom stereocenters. The topological polar surface area (TPSA) is 48.3 Å². The van der Waals surface area contributed by atoms with Crippen LogP contribution in [0.1, 0.15) is 5.56 Å². The molecule has 0 amide bonds. The van der Waals surface area contributed by atoms with E-state index in [9.17, 15) is 9.59 Å². The standard InChI is InChI=1S/C14H12BrNO3/c15-12-7-4-8-16(14(12)18)9-13(17)19-10-11-5-2-1-3-6-11/h1-8H,9-10H2. The fourth-order valence-electron chi connectivity index (χ4n) is 1.55. The van der Waals surface area contributed by atoms with Crippen LogP contribution in [0, 0.1) is 0 Å². The largest absolute Gasteiger partial charge is 0.459 e. The van der Waals surface area contributed by atoms with Crippen LogP contribution in [0.3, 0.4) is 0 Å². The van der Waals surface area contributed by atoms with Crippen LogP contribution in [0.2, 0.25) is 0 Å². The lowest BCUT2D eigenvalue weighted by Crippen LogP contribution is -2.25. The summed E-state index contributed by atoms with van der Waals surface area (Å²) in [7, 11) is 0. The van der Waals surface area contributed by atoms with Gasteiger partial charge in [-0.25, -0.2) is 0 Å². The molecule has 1 aromatic heterocycles.